The molecule has 0 aromatic heterocycles. The summed E-state index contributed by atoms with van der Waals surface area (Å²) in [6.07, 6.45) is 1.67. The molecular weight excluding hydrogens is 951 g/mol. The highest BCUT2D eigenvalue weighted by atomic mass is 79.9. The second-order valence-electron chi connectivity index (χ2n) is 16.9. The summed E-state index contributed by atoms with van der Waals surface area (Å²) in [6.45, 7) is 1.39. The van der Waals surface area contributed by atoms with Gasteiger partial charge in [0.1, 0.15) is 6.29 Å². The maximum atomic E-state index is 11.1. The molecule has 6 nitrogen and oxygen atoms in total. The summed E-state index contributed by atoms with van der Waals surface area (Å²) in [6, 6.07) is 95.6. The summed E-state index contributed by atoms with van der Waals surface area (Å²) in [7, 11) is 0. The van der Waals surface area contributed by atoms with Crippen molar-refractivity contribution in [3.63, 3.8) is 0 Å². The van der Waals surface area contributed by atoms with Gasteiger partial charge in [-0.2, -0.15) is 0 Å². The number of benzene rings is 10. The van der Waals surface area contributed by atoms with Gasteiger partial charge in [0.05, 0.1) is 13.2 Å². The van der Waals surface area contributed by atoms with Crippen LogP contribution in [0.3, 0.4) is 0 Å². The molecule has 7 heteroatoms. The Hall–Kier alpha value is -8.33. The molecule has 1 heterocycles. The Morgan fingerprint density at radius 1 is 0.347 bits per heavy atom. The van der Waals surface area contributed by atoms with E-state index >= 15 is 0 Å². The van der Waals surface area contributed by atoms with E-state index in [1.165, 1.54) is 16.8 Å². The molecule has 354 valence electrons. The minimum absolute atomic E-state index is 0.155. The van der Waals surface area contributed by atoms with Crippen molar-refractivity contribution in [2.24, 2.45) is 0 Å². The van der Waals surface area contributed by atoms with Crippen molar-refractivity contribution in [3.05, 3.63) is 306 Å². The predicted molar refractivity (Wildman–Crippen MR) is 300 cm³/mol. The average Bonchev–Trinajstić information content (AvgIpc) is 4.00. The van der Waals surface area contributed by atoms with Crippen LogP contribution in [0.1, 0.15) is 33.3 Å². The summed E-state index contributed by atoms with van der Waals surface area (Å²) >= 11 is 3.37. The fraction of sp³-hybridized carbons (Fsp3) is 0.0615. The highest BCUT2D eigenvalue weighted by molar-refractivity contribution is 9.10. The van der Waals surface area contributed by atoms with Crippen molar-refractivity contribution in [1.82, 2.24) is 0 Å². The first kappa shape index (κ1) is 48.7. The molecule has 0 spiro atoms. The molecule has 0 N–H and O–H groups in total. The van der Waals surface area contributed by atoms with E-state index in [-0.39, 0.29) is 6.29 Å². The van der Waals surface area contributed by atoms with Gasteiger partial charge in [0, 0.05) is 66.8 Å². The molecule has 0 bridgehead atoms. The van der Waals surface area contributed by atoms with Crippen molar-refractivity contribution in [1.29, 1.82) is 0 Å². The molecule has 72 heavy (non-hydrogen) atoms. The van der Waals surface area contributed by atoms with Crippen molar-refractivity contribution in [2.75, 3.05) is 27.9 Å². The molecule has 1 saturated heterocycles. The van der Waals surface area contributed by atoms with Gasteiger partial charge in [0.2, 0.25) is 0 Å². The molecule has 0 amide bonds. The van der Waals surface area contributed by atoms with E-state index < -0.39 is 0 Å². The van der Waals surface area contributed by atoms with Crippen molar-refractivity contribution in [3.8, 4) is 0 Å². The minimum Gasteiger partial charge on any atom is -0.346 e. The van der Waals surface area contributed by atoms with E-state index in [4.69, 9.17) is 9.47 Å². The Labute approximate surface area is 431 Å². The van der Waals surface area contributed by atoms with E-state index in [9.17, 15) is 4.79 Å². The number of halogens is 1. The Kier molecular flexibility index (Phi) is 16.9. The fourth-order valence-electron chi connectivity index (χ4n) is 8.44. The van der Waals surface area contributed by atoms with Crippen LogP contribution in [-0.2, 0) is 15.9 Å². The van der Waals surface area contributed by atoms with Gasteiger partial charge >= 0.3 is 0 Å². The lowest BCUT2D eigenvalue weighted by Gasteiger charge is -2.28. The van der Waals surface area contributed by atoms with E-state index in [2.05, 4.69) is 231 Å². The standard InChI is InChI=1S/C31H24N2O.C25H21N.C9H9BrO2/c34-24-25-16-18-29(19-17-25)33(28-14-8-3-9-15-28)31-22-20-30(21-23-31)32(26-10-4-1-5-11-26)27-12-6-2-7-13-27;1-4-10-21(11-5-1)20-22-16-18-25(19-17-22)26(23-12-6-2-7-13-23)24-14-8-3-9-15-24;10-8-3-1-7(2-4-8)9-11-5-6-12-9/h1-24H;1-19H,20H2;1-4,9H,5-6H2. The zero-order valence-corrected chi connectivity index (χ0v) is 41.4. The molecule has 0 radical (unpaired) electrons. The topological polar surface area (TPSA) is 45.3 Å². The molecule has 10 aromatic rings. The maximum Gasteiger partial charge on any atom is 0.184 e. The van der Waals surface area contributed by atoms with Crippen LogP contribution in [-0.4, -0.2) is 19.5 Å². The maximum absolute atomic E-state index is 11.1. The SMILES string of the molecule is Brc1ccc(C2OCCO2)cc1.O=Cc1ccc(N(c2ccccc2)c2ccc(N(c3ccccc3)c3ccccc3)cc2)cc1.c1ccc(Cc2ccc(N(c3ccccc3)c3ccccc3)cc2)cc1. The van der Waals surface area contributed by atoms with Gasteiger partial charge in [-0.25, -0.2) is 0 Å². The van der Waals surface area contributed by atoms with Crippen LogP contribution in [0.2, 0.25) is 0 Å². The summed E-state index contributed by atoms with van der Waals surface area (Å²) in [4.78, 5) is 17.9. The molecule has 0 aliphatic carbocycles. The number of rotatable bonds is 13. The number of anilines is 9. The number of hydrogen-bond acceptors (Lipinski definition) is 6. The Bertz CT molecular complexity index is 3070. The van der Waals surface area contributed by atoms with Crippen LogP contribution >= 0.6 is 15.9 Å². The largest absolute Gasteiger partial charge is 0.346 e. The molecule has 1 fully saturated rings. The van der Waals surface area contributed by atoms with Gasteiger partial charge in [-0.3, -0.25) is 4.79 Å². The van der Waals surface area contributed by atoms with Crippen LogP contribution in [0.25, 0.3) is 0 Å². The molecule has 11 rings (SSSR count). The molecule has 0 saturated carbocycles. The molecule has 1 aliphatic rings. The zero-order chi connectivity index (χ0) is 49.2. The minimum atomic E-state index is -0.155. The number of carbonyl (C=O) groups is 1. The summed E-state index contributed by atoms with van der Waals surface area (Å²) in [5.41, 5.74) is 14.2. The fourth-order valence-corrected chi connectivity index (χ4v) is 8.71. The second-order valence-corrected chi connectivity index (χ2v) is 17.8. The lowest BCUT2D eigenvalue weighted by atomic mass is 10.0. The third-order valence-electron chi connectivity index (χ3n) is 11.9. The highest BCUT2D eigenvalue weighted by Crippen LogP contribution is 2.39. The summed E-state index contributed by atoms with van der Waals surface area (Å²) < 4.78 is 11.8. The van der Waals surface area contributed by atoms with Gasteiger partial charge in [-0.1, -0.05) is 162 Å². The van der Waals surface area contributed by atoms with Crippen molar-refractivity contribution in [2.45, 2.75) is 12.7 Å². The van der Waals surface area contributed by atoms with E-state index in [1.807, 2.05) is 78.9 Å². The van der Waals surface area contributed by atoms with Crippen LogP contribution in [0, 0.1) is 0 Å². The Morgan fingerprint density at radius 3 is 0.958 bits per heavy atom. The van der Waals surface area contributed by atoms with Gasteiger partial charge in [0.25, 0.3) is 0 Å². The summed E-state index contributed by atoms with van der Waals surface area (Å²) in [5.74, 6) is 0. The number of ether oxygens (including phenoxy) is 2. The third kappa shape index (κ3) is 12.9. The van der Waals surface area contributed by atoms with Crippen LogP contribution < -0.4 is 14.7 Å². The normalized spacial score (nSPS) is 11.8. The van der Waals surface area contributed by atoms with Crippen molar-refractivity contribution < 1.29 is 14.3 Å². The first-order valence-corrected chi connectivity index (χ1v) is 24.8. The number of aldehydes is 1. The van der Waals surface area contributed by atoms with E-state index in [0.717, 1.165) is 68.2 Å². The smallest absolute Gasteiger partial charge is 0.184 e. The molecule has 1 aliphatic heterocycles. The average molecular weight is 1010 g/mol. The quantitative estimate of drug-likeness (QED) is 0.107. The van der Waals surface area contributed by atoms with Crippen LogP contribution in [0.15, 0.2) is 284 Å². The lowest BCUT2D eigenvalue weighted by molar-refractivity contribution is -0.0441. The highest BCUT2D eigenvalue weighted by Gasteiger charge is 2.18. The molecule has 0 unspecified atom stereocenters. The Balaban J connectivity index is 0.000000148. The van der Waals surface area contributed by atoms with Gasteiger partial charge in [-0.05, 0) is 151 Å². The molecule has 0 atom stereocenters. The van der Waals surface area contributed by atoms with Crippen LogP contribution in [0.5, 0.6) is 0 Å². The third-order valence-corrected chi connectivity index (χ3v) is 12.5. The zero-order valence-electron chi connectivity index (χ0n) is 39.8. The first-order chi connectivity index (χ1) is 35.6. The predicted octanol–water partition coefficient (Wildman–Crippen LogP) is 17.7. The number of hydrogen-bond donors (Lipinski definition) is 0. The number of carbonyl (C=O) groups excluding carboxylic acids is 1. The van der Waals surface area contributed by atoms with E-state index in [0.29, 0.717) is 18.8 Å². The first-order valence-electron chi connectivity index (χ1n) is 24.0. The van der Waals surface area contributed by atoms with Gasteiger partial charge in [0.15, 0.2) is 6.29 Å². The van der Waals surface area contributed by atoms with Crippen molar-refractivity contribution >= 4 is 73.4 Å². The molecule has 10 aromatic carbocycles. The number of nitrogens with zero attached hydrogens (tertiary/aromatic N) is 3. The van der Waals surface area contributed by atoms with Gasteiger partial charge in [-0.15, -0.1) is 0 Å². The van der Waals surface area contributed by atoms with E-state index in [1.54, 1.807) is 0 Å². The second kappa shape index (κ2) is 25.0. The summed E-state index contributed by atoms with van der Waals surface area (Å²) in [5, 5.41) is 0. The van der Waals surface area contributed by atoms with Crippen LogP contribution in [0.4, 0.5) is 51.2 Å². The lowest BCUT2D eigenvalue weighted by Crippen LogP contribution is -2.12. The Morgan fingerprint density at radius 2 is 0.625 bits per heavy atom. The number of para-hydroxylation sites is 5. The van der Waals surface area contributed by atoms with Gasteiger partial charge < -0.3 is 24.2 Å². The molecular formula is C65H54BrN3O3. The monoisotopic (exact) mass is 1000 g/mol.